The van der Waals surface area contributed by atoms with Crippen LogP contribution in [0.15, 0.2) is 46.2 Å². The summed E-state index contributed by atoms with van der Waals surface area (Å²) in [6.07, 6.45) is 0.800. The summed E-state index contributed by atoms with van der Waals surface area (Å²) in [5, 5.41) is 2.72. The summed E-state index contributed by atoms with van der Waals surface area (Å²) >= 11 is 3.35. The number of methoxy groups -OCH3 is 2. The number of rotatable bonds is 11. The van der Waals surface area contributed by atoms with E-state index in [4.69, 9.17) is 9.47 Å². The summed E-state index contributed by atoms with van der Waals surface area (Å²) < 4.78 is 10.6. The van der Waals surface area contributed by atoms with Gasteiger partial charge in [-0.05, 0) is 53.9 Å². The van der Waals surface area contributed by atoms with Crippen molar-refractivity contribution in [1.82, 2.24) is 15.1 Å². The van der Waals surface area contributed by atoms with E-state index in [1.54, 1.807) is 69.1 Å². The Labute approximate surface area is 263 Å². The highest BCUT2D eigenvalue weighted by molar-refractivity contribution is 8.76. The number of carbonyl (C=O) groups excluding carboxylic acids is 4. The van der Waals surface area contributed by atoms with Gasteiger partial charge in [0.2, 0.25) is 5.78 Å². The van der Waals surface area contributed by atoms with Crippen LogP contribution in [0, 0.1) is 0 Å². The maximum absolute atomic E-state index is 12.8. The predicted molar refractivity (Wildman–Crippen MR) is 170 cm³/mol. The molecule has 2 aromatic rings. The van der Waals surface area contributed by atoms with Gasteiger partial charge in [-0.15, -0.1) is 23.5 Å². The van der Waals surface area contributed by atoms with E-state index in [-0.39, 0.29) is 12.2 Å². The molecule has 0 bridgehead atoms. The maximum atomic E-state index is 12.8. The molecule has 2 aliphatic heterocycles. The van der Waals surface area contributed by atoms with E-state index in [1.807, 2.05) is 36.4 Å². The summed E-state index contributed by atoms with van der Waals surface area (Å²) in [7, 11) is 6.37. The summed E-state index contributed by atoms with van der Waals surface area (Å²) in [5.41, 5.74) is 1.97. The number of thioether (sulfide) groups is 2. The molecule has 0 aromatic heterocycles. The first-order chi connectivity index (χ1) is 20.4. The molecule has 1 N–H and O–H groups in total. The third-order valence-corrected chi connectivity index (χ3v) is 11.4. The lowest BCUT2D eigenvalue weighted by Crippen LogP contribution is -2.43. The Morgan fingerprint density at radius 2 is 1.36 bits per heavy atom. The molecule has 0 spiro atoms. The third-order valence-electron chi connectivity index (χ3n) is 6.69. The summed E-state index contributed by atoms with van der Waals surface area (Å²) in [6.45, 7) is 2.17. The molecule has 9 nitrogen and oxygen atoms in total. The van der Waals surface area contributed by atoms with Crippen LogP contribution in [0.2, 0.25) is 0 Å². The molecule has 0 saturated heterocycles. The van der Waals surface area contributed by atoms with Crippen LogP contribution in [0.25, 0.3) is 0 Å². The number of benzene rings is 2. The Balaban J connectivity index is 1.10. The lowest BCUT2D eigenvalue weighted by Gasteiger charge is -2.20. The zero-order chi connectivity index (χ0) is 29.9. The predicted octanol–water partition coefficient (Wildman–Crippen LogP) is 4.12. The van der Waals surface area contributed by atoms with Gasteiger partial charge in [0.1, 0.15) is 11.5 Å². The Morgan fingerprint density at radius 3 is 1.93 bits per heavy atom. The molecule has 0 aliphatic carbocycles. The van der Waals surface area contributed by atoms with Crippen LogP contribution < -0.4 is 14.8 Å². The number of ketones is 1. The van der Waals surface area contributed by atoms with Gasteiger partial charge >= 0.3 is 11.8 Å². The highest BCUT2D eigenvalue weighted by atomic mass is 33.1. The van der Waals surface area contributed by atoms with Crippen molar-refractivity contribution in [2.45, 2.75) is 35.7 Å². The number of amides is 3. The molecule has 3 amide bonds. The van der Waals surface area contributed by atoms with Gasteiger partial charge in [0.25, 0.3) is 5.91 Å². The van der Waals surface area contributed by atoms with Crippen molar-refractivity contribution in [3.8, 4) is 11.5 Å². The van der Waals surface area contributed by atoms with Gasteiger partial charge in [0.05, 0.1) is 14.2 Å². The molecule has 0 fully saturated rings. The molecule has 0 radical (unpaired) electrons. The molecular formula is C29H35N3O6S4. The van der Waals surface area contributed by atoms with E-state index in [2.05, 4.69) is 5.32 Å². The van der Waals surface area contributed by atoms with Gasteiger partial charge in [-0.25, -0.2) is 0 Å². The minimum Gasteiger partial charge on any atom is -0.497 e. The van der Waals surface area contributed by atoms with E-state index < -0.39 is 17.7 Å². The smallest absolute Gasteiger partial charge is 0.312 e. The van der Waals surface area contributed by atoms with Crippen LogP contribution in [0.5, 0.6) is 11.5 Å². The van der Waals surface area contributed by atoms with E-state index >= 15 is 0 Å². The highest BCUT2D eigenvalue weighted by Gasteiger charge is 2.26. The number of ether oxygens (including phenoxy) is 2. The van der Waals surface area contributed by atoms with Crippen molar-refractivity contribution >= 4 is 68.6 Å². The average molecular weight is 650 g/mol. The van der Waals surface area contributed by atoms with Crippen molar-refractivity contribution in [2.75, 3.05) is 56.9 Å². The van der Waals surface area contributed by atoms with Crippen LogP contribution >= 0.6 is 45.1 Å². The quantitative estimate of drug-likeness (QED) is 0.217. The Kier molecular flexibility index (Phi) is 12.7. The number of nitrogens with one attached hydrogen (secondary N) is 1. The molecule has 0 unspecified atom stereocenters. The van der Waals surface area contributed by atoms with Gasteiger partial charge < -0.3 is 24.6 Å². The number of hydrogen-bond donors (Lipinski definition) is 1. The second kappa shape index (κ2) is 16.4. The molecule has 2 heterocycles. The maximum Gasteiger partial charge on any atom is 0.312 e. The first-order valence-electron chi connectivity index (χ1n) is 13.6. The van der Waals surface area contributed by atoms with Crippen molar-refractivity contribution in [3.05, 3.63) is 47.5 Å². The van der Waals surface area contributed by atoms with E-state index in [0.29, 0.717) is 50.7 Å². The van der Waals surface area contributed by atoms with Gasteiger partial charge in [-0.1, -0.05) is 21.6 Å². The number of nitrogens with zero attached hydrogens (tertiary/aromatic N) is 2. The SMILES string of the molecule is COc1ccc2c(c1)CN(C(=O)C(=O)CCCSSCCNC(=O)C(=O)N1CCSc3ccc(OC)cc3C1)CCS2. The van der Waals surface area contributed by atoms with Gasteiger partial charge in [-0.3, -0.25) is 19.2 Å². The molecule has 0 atom stereocenters. The summed E-state index contributed by atoms with van der Waals surface area (Å²) in [4.78, 5) is 56.0. The third kappa shape index (κ3) is 9.01. The fourth-order valence-corrected chi connectivity index (χ4v) is 8.46. The molecule has 13 heteroatoms. The number of fused-ring (bicyclic) bond motifs is 2. The molecule has 226 valence electrons. The molecule has 42 heavy (non-hydrogen) atoms. The average Bonchev–Trinajstić information content (AvgIpc) is 3.36. The van der Waals surface area contributed by atoms with Gasteiger partial charge in [0, 0.05) is 71.9 Å². The number of carbonyl (C=O) groups is 4. The molecule has 4 rings (SSSR count). The zero-order valence-electron chi connectivity index (χ0n) is 23.7. The lowest BCUT2D eigenvalue weighted by molar-refractivity contribution is -0.146. The first-order valence-corrected chi connectivity index (χ1v) is 18.1. The van der Waals surface area contributed by atoms with E-state index in [1.165, 1.54) is 0 Å². The Morgan fingerprint density at radius 1 is 0.810 bits per heavy atom. The van der Waals surface area contributed by atoms with Crippen LogP contribution in [0.1, 0.15) is 24.0 Å². The molecular weight excluding hydrogens is 615 g/mol. The van der Waals surface area contributed by atoms with Crippen LogP contribution in [-0.2, 0) is 32.3 Å². The zero-order valence-corrected chi connectivity index (χ0v) is 27.0. The Bertz CT molecular complexity index is 1200. The molecule has 2 aliphatic rings. The van der Waals surface area contributed by atoms with Crippen molar-refractivity contribution in [1.29, 1.82) is 0 Å². The highest BCUT2D eigenvalue weighted by Crippen LogP contribution is 2.32. The first kappa shape index (κ1) is 32.4. The standard InChI is InChI=1S/C29H35N3O6S4/c1-37-22-5-7-25-20(16-22)18-31(10-14-39-25)28(35)24(33)4-3-12-41-42-13-9-30-27(34)29(36)32-11-15-40-26-8-6-23(38-2)17-21(26)19-32/h5-8,16-17H,3-4,9-15,18-19H2,1-2H3,(H,30,34). The summed E-state index contributed by atoms with van der Waals surface area (Å²) in [6, 6.07) is 11.6. The second-order valence-corrected chi connectivity index (χ2v) is 14.5. The normalized spacial score (nSPS) is 14.6. The number of Topliss-reactive ketones (excluding diaryl/α,β-unsaturated/α-hetero) is 1. The molecule has 0 saturated carbocycles. The second-order valence-electron chi connectivity index (χ2n) is 9.52. The van der Waals surface area contributed by atoms with Crippen molar-refractivity contribution in [3.63, 3.8) is 0 Å². The number of hydrogen-bond acceptors (Lipinski definition) is 10. The van der Waals surface area contributed by atoms with Crippen LogP contribution in [0.4, 0.5) is 0 Å². The fourth-order valence-electron chi connectivity index (χ4n) is 4.46. The van der Waals surface area contributed by atoms with Crippen molar-refractivity contribution < 1.29 is 28.7 Å². The van der Waals surface area contributed by atoms with Crippen LogP contribution in [-0.4, -0.2) is 90.2 Å². The van der Waals surface area contributed by atoms with Crippen molar-refractivity contribution in [2.24, 2.45) is 0 Å². The van der Waals surface area contributed by atoms with Gasteiger partial charge in [0.15, 0.2) is 0 Å². The minimum atomic E-state index is -0.603. The lowest BCUT2D eigenvalue weighted by atomic mass is 10.1. The summed E-state index contributed by atoms with van der Waals surface area (Å²) in [5.74, 6) is 2.33. The Hall–Kier alpha value is -2.48. The van der Waals surface area contributed by atoms with E-state index in [0.717, 1.165) is 43.9 Å². The van der Waals surface area contributed by atoms with E-state index in [9.17, 15) is 19.2 Å². The largest absolute Gasteiger partial charge is 0.497 e. The monoisotopic (exact) mass is 649 g/mol. The van der Waals surface area contributed by atoms with Gasteiger partial charge in [-0.2, -0.15) is 0 Å². The minimum absolute atomic E-state index is 0.204. The van der Waals surface area contributed by atoms with Crippen LogP contribution in [0.3, 0.4) is 0 Å². The molecule has 2 aromatic carbocycles. The topological polar surface area (TPSA) is 105 Å². The fraction of sp³-hybridized carbons (Fsp3) is 0.448.